The van der Waals surface area contributed by atoms with E-state index in [1.54, 1.807) is 43.3 Å². The zero-order valence-corrected chi connectivity index (χ0v) is 19.3. The maximum absolute atomic E-state index is 14.2. The summed E-state index contributed by atoms with van der Waals surface area (Å²) in [4.78, 5) is 12.7. The van der Waals surface area contributed by atoms with Crippen LogP contribution in [0.5, 0.6) is 11.5 Å². The molecule has 1 amide bonds. The summed E-state index contributed by atoms with van der Waals surface area (Å²) in [7, 11) is -4.29. The van der Waals surface area contributed by atoms with Gasteiger partial charge in [0.05, 0.1) is 6.04 Å². The Morgan fingerprint density at radius 2 is 1.65 bits per heavy atom. The molecule has 3 aromatic rings. The number of fused-ring (bicyclic) bond motifs is 1. The Labute approximate surface area is 198 Å². The Kier molecular flexibility index (Phi) is 7.14. The summed E-state index contributed by atoms with van der Waals surface area (Å²) >= 11 is 0. The quantitative estimate of drug-likeness (QED) is 0.511. The van der Waals surface area contributed by atoms with E-state index in [0.717, 1.165) is 23.3 Å². The van der Waals surface area contributed by atoms with E-state index in [9.17, 15) is 17.6 Å². The number of amides is 1. The minimum absolute atomic E-state index is 0.0915. The molecule has 0 aliphatic carbocycles. The molecular formula is C25H25FN2O5S. The van der Waals surface area contributed by atoms with Crippen LogP contribution in [0.4, 0.5) is 4.39 Å². The van der Waals surface area contributed by atoms with Gasteiger partial charge in [-0.05, 0) is 48.7 Å². The Morgan fingerprint density at radius 3 is 2.38 bits per heavy atom. The van der Waals surface area contributed by atoms with Crippen molar-refractivity contribution in [2.45, 2.75) is 30.3 Å². The first-order valence-corrected chi connectivity index (χ1v) is 12.3. The van der Waals surface area contributed by atoms with E-state index in [0.29, 0.717) is 24.7 Å². The number of ether oxygens (including phenoxy) is 2. The van der Waals surface area contributed by atoms with Gasteiger partial charge in [-0.25, -0.2) is 12.8 Å². The van der Waals surface area contributed by atoms with Gasteiger partial charge in [0.25, 0.3) is 0 Å². The Hall–Kier alpha value is -3.43. The lowest BCUT2D eigenvalue weighted by Gasteiger charge is -2.23. The standard InChI is InChI=1S/C25H25FN2O5S/c1-17(19-11-12-22-23(16-19)33-14-13-32-22)27-25(29)21(15-18-7-3-2-4-8-18)28-34(30,31)24-10-6-5-9-20(24)26/h2-12,16-17,21,28H,13-15H2,1H3,(H,27,29)/t17-,21+/m1/s1. The van der Waals surface area contributed by atoms with Crippen molar-refractivity contribution >= 4 is 15.9 Å². The predicted molar refractivity (Wildman–Crippen MR) is 125 cm³/mol. The maximum Gasteiger partial charge on any atom is 0.244 e. The van der Waals surface area contributed by atoms with Crippen LogP contribution in [-0.2, 0) is 21.2 Å². The summed E-state index contributed by atoms with van der Waals surface area (Å²) in [5.41, 5.74) is 1.53. The first kappa shape index (κ1) is 23.7. The van der Waals surface area contributed by atoms with Crippen LogP contribution in [0.15, 0.2) is 77.7 Å². The molecule has 1 aliphatic heterocycles. The third kappa shape index (κ3) is 5.55. The minimum Gasteiger partial charge on any atom is -0.486 e. The van der Waals surface area contributed by atoms with Crippen LogP contribution in [0.25, 0.3) is 0 Å². The summed E-state index contributed by atoms with van der Waals surface area (Å²) in [6, 6.07) is 17.8. The fourth-order valence-electron chi connectivity index (χ4n) is 3.68. The van der Waals surface area contributed by atoms with Crippen LogP contribution in [0, 0.1) is 5.82 Å². The second-order valence-electron chi connectivity index (χ2n) is 7.93. The molecule has 0 fully saturated rings. The molecule has 9 heteroatoms. The molecule has 1 aliphatic rings. The zero-order chi connectivity index (χ0) is 24.1. The summed E-state index contributed by atoms with van der Waals surface area (Å²) < 4.78 is 53.5. The lowest BCUT2D eigenvalue weighted by molar-refractivity contribution is -0.123. The molecule has 1 heterocycles. The molecule has 34 heavy (non-hydrogen) atoms. The Balaban J connectivity index is 1.55. The van der Waals surface area contributed by atoms with E-state index in [1.807, 2.05) is 12.1 Å². The lowest BCUT2D eigenvalue weighted by atomic mass is 10.0. The smallest absolute Gasteiger partial charge is 0.244 e. The monoisotopic (exact) mass is 484 g/mol. The molecule has 0 radical (unpaired) electrons. The Morgan fingerprint density at radius 1 is 0.971 bits per heavy atom. The van der Waals surface area contributed by atoms with Crippen molar-refractivity contribution in [3.8, 4) is 11.5 Å². The molecule has 2 atom stereocenters. The normalized spacial score (nSPS) is 14.8. The van der Waals surface area contributed by atoms with Gasteiger partial charge in [0.2, 0.25) is 15.9 Å². The molecule has 4 rings (SSSR count). The molecule has 0 saturated heterocycles. The molecule has 0 unspecified atom stereocenters. The fourth-order valence-corrected chi connectivity index (χ4v) is 4.95. The van der Waals surface area contributed by atoms with Gasteiger partial charge in [-0.3, -0.25) is 4.79 Å². The third-order valence-corrected chi connectivity index (χ3v) is 6.95. The van der Waals surface area contributed by atoms with Crippen molar-refractivity contribution in [2.75, 3.05) is 13.2 Å². The second-order valence-corrected chi connectivity index (χ2v) is 9.61. The SMILES string of the molecule is C[C@@H](NC(=O)[C@H](Cc1ccccc1)NS(=O)(=O)c1ccccc1F)c1ccc2c(c1)OCCO2. The van der Waals surface area contributed by atoms with Crippen molar-refractivity contribution in [3.63, 3.8) is 0 Å². The number of carbonyl (C=O) groups excluding carboxylic acids is 1. The number of hydrogen-bond donors (Lipinski definition) is 2. The van der Waals surface area contributed by atoms with Gasteiger partial charge in [0, 0.05) is 0 Å². The molecule has 0 saturated carbocycles. The number of benzene rings is 3. The largest absolute Gasteiger partial charge is 0.486 e. The number of carbonyl (C=O) groups is 1. The third-order valence-electron chi connectivity index (χ3n) is 5.45. The highest BCUT2D eigenvalue weighted by atomic mass is 32.2. The maximum atomic E-state index is 14.2. The molecule has 0 bridgehead atoms. The van der Waals surface area contributed by atoms with E-state index in [-0.39, 0.29) is 6.42 Å². The second kappa shape index (κ2) is 10.2. The van der Waals surface area contributed by atoms with Crippen molar-refractivity contribution in [3.05, 3.63) is 89.7 Å². The summed E-state index contributed by atoms with van der Waals surface area (Å²) in [5.74, 6) is -0.205. The topological polar surface area (TPSA) is 93.7 Å². The number of sulfonamides is 1. The fraction of sp³-hybridized carbons (Fsp3) is 0.240. The summed E-state index contributed by atoms with van der Waals surface area (Å²) in [6.07, 6.45) is 0.0915. The van der Waals surface area contributed by atoms with Crippen molar-refractivity contribution in [1.29, 1.82) is 0 Å². The van der Waals surface area contributed by atoms with E-state index in [2.05, 4.69) is 10.0 Å². The average molecular weight is 485 g/mol. The van der Waals surface area contributed by atoms with Gasteiger partial charge in [-0.15, -0.1) is 0 Å². The van der Waals surface area contributed by atoms with Crippen molar-refractivity contribution < 1.29 is 27.1 Å². The molecular weight excluding hydrogens is 459 g/mol. The first-order chi connectivity index (χ1) is 16.3. The molecule has 2 N–H and O–H groups in total. The van der Waals surface area contributed by atoms with Gasteiger partial charge >= 0.3 is 0 Å². The van der Waals surface area contributed by atoms with Crippen LogP contribution in [0.2, 0.25) is 0 Å². The van der Waals surface area contributed by atoms with Crippen LogP contribution >= 0.6 is 0 Å². The van der Waals surface area contributed by atoms with Crippen LogP contribution < -0.4 is 19.5 Å². The minimum atomic E-state index is -4.29. The molecule has 3 aromatic carbocycles. The van der Waals surface area contributed by atoms with Crippen LogP contribution in [-0.4, -0.2) is 33.6 Å². The number of rotatable bonds is 8. The van der Waals surface area contributed by atoms with Crippen LogP contribution in [0.3, 0.4) is 0 Å². The van der Waals surface area contributed by atoms with Crippen molar-refractivity contribution in [1.82, 2.24) is 10.0 Å². The summed E-state index contributed by atoms with van der Waals surface area (Å²) in [6.45, 7) is 2.70. The van der Waals surface area contributed by atoms with Gasteiger partial charge < -0.3 is 14.8 Å². The zero-order valence-electron chi connectivity index (χ0n) is 18.5. The molecule has 0 aromatic heterocycles. The molecule has 0 spiro atoms. The van der Waals surface area contributed by atoms with Crippen LogP contribution in [0.1, 0.15) is 24.1 Å². The number of nitrogens with one attached hydrogen (secondary N) is 2. The highest BCUT2D eigenvalue weighted by Crippen LogP contribution is 2.32. The number of halogens is 1. The highest BCUT2D eigenvalue weighted by Gasteiger charge is 2.29. The predicted octanol–water partition coefficient (Wildman–Crippen LogP) is 3.36. The van der Waals surface area contributed by atoms with E-state index < -0.39 is 38.7 Å². The summed E-state index contributed by atoms with van der Waals surface area (Å²) in [5, 5.41) is 2.86. The van der Waals surface area contributed by atoms with E-state index in [4.69, 9.17) is 9.47 Å². The van der Waals surface area contributed by atoms with Gasteiger partial charge in [-0.2, -0.15) is 4.72 Å². The lowest BCUT2D eigenvalue weighted by Crippen LogP contribution is -2.48. The van der Waals surface area contributed by atoms with Gasteiger partial charge in [0.1, 0.15) is 30.0 Å². The average Bonchev–Trinajstić information content (AvgIpc) is 2.84. The molecule has 178 valence electrons. The van der Waals surface area contributed by atoms with Gasteiger partial charge in [0.15, 0.2) is 11.5 Å². The number of hydrogen-bond acceptors (Lipinski definition) is 5. The van der Waals surface area contributed by atoms with Gasteiger partial charge in [-0.1, -0.05) is 48.5 Å². The van der Waals surface area contributed by atoms with Crippen molar-refractivity contribution in [2.24, 2.45) is 0 Å². The van der Waals surface area contributed by atoms with E-state index >= 15 is 0 Å². The molecule has 7 nitrogen and oxygen atoms in total. The first-order valence-electron chi connectivity index (χ1n) is 10.8. The van der Waals surface area contributed by atoms with E-state index in [1.165, 1.54) is 12.1 Å². The Bertz CT molecular complexity index is 1270. The highest BCUT2D eigenvalue weighted by molar-refractivity contribution is 7.89.